The first-order chi connectivity index (χ1) is 14.4. The van der Waals surface area contributed by atoms with Crippen LogP contribution in [-0.4, -0.2) is 64.2 Å². The van der Waals surface area contributed by atoms with Crippen LogP contribution in [0.5, 0.6) is 5.75 Å². The van der Waals surface area contributed by atoms with E-state index in [0.29, 0.717) is 5.75 Å². The maximum Gasteiger partial charge on any atom is 0.511 e. The third-order valence-corrected chi connectivity index (χ3v) is 8.53. The number of piperidine rings is 1. The fourth-order valence-electron chi connectivity index (χ4n) is 3.07. The highest BCUT2D eigenvalue weighted by Crippen LogP contribution is 2.35. The van der Waals surface area contributed by atoms with Crippen LogP contribution in [0.2, 0.25) is 0 Å². The molecule has 13 heteroatoms. The second-order valence-corrected chi connectivity index (χ2v) is 10.6. The number of carbonyl (C=O) groups excluding carboxylic acids is 1. The van der Waals surface area contributed by atoms with Crippen LogP contribution in [0.15, 0.2) is 29.2 Å². The number of nitrogens with zero attached hydrogens (tertiary/aromatic N) is 1. The largest absolute Gasteiger partial charge is 0.511 e. The van der Waals surface area contributed by atoms with Crippen LogP contribution in [0.4, 0.5) is 13.2 Å². The van der Waals surface area contributed by atoms with Crippen molar-refractivity contribution in [2.24, 2.45) is 0 Å². The molecule has 1 aromatic rings. The summed E-state index contributed by atoms with van der Waals surface area (Å²) in [5.41, 5.74) is -5.64. The Morgan fingerprint density at radius 1 is 1.19 bits per heavy atom. The number of rotatable bonds is 6. The third-order valence-electron chi connectivity index (χ3n) is 4.66. The number of alkyl halides is 3. The molecule has 1 saturated heterocycles. The Kier molecular flexibility index (Phi) is 7.61. The molecule has 0 radical (unpaired) electrons. The Hall–Kier alpha value is -2.30. The number of carbonyl (C=O) groups is 1. The number of sulfonamides is 1. The maximum absolute atomic E-state index is 13.0. The standard InChI is InChI=1S/C18H20F3NO7S2/c1-3-4-11-29-13-5-7-14(8-6-13)30(24,25)15-9-10-22(16(12-15)17(23)28-2)31(26,27)18(19,20)21/h5-8,15-16H,9-12H2,1-2H3. The van der Waals surface area contributed by atoms with Crippen molar-refractivity contribution < 1.29 is 44.3 Å². The van der Waals surface area contributed by atoms with Crippen LogP contribution in [0, 0.1) is 11.8 Å². The number of hydrogen-bond acceptors (Lipinski definition) is 7. The number of sulfone groups is 1. The summed E-state index contributed by atoms with van der Waals surface area (Å²) in [5, 5.41) is -1.28. The molecule has 0 bridgehead atoms. The SMILES string of the molecule is CC#CCOc1ccc(S(=O)(=O)C2CCN(S(=O)(=O)C(F)(F)F)C(C(=O)OC)C2)cc1. The van der Waals surface area contributed by atoms with E-state index in [1.165, 1.54) is 24.3 Å². The van der Waals surface area contributed by atoms with Crippen molar-refractivity contribution in [2.75, 3.05) is 20.3 Å². The smallest absolute Gasteiger partial charge is 0.481 e. The van der Waals surface area contributed by atoms with Crippen molar-refractivity contribution in [2.45, 2.75) is 41.5 Å². The highest BCUT2D eigenvalue weighted by Gasteiger charge is 2.55. The fraction of sp³-hybridized carbons (Fsp3) is 0.500. The Bertz CT molecular complexity index is 1070. The molecule has 0 aromatic heterocycles. The summed E-state index contributed by atoms with van der Waals surface area (Å²) in [6.07, 6.45) is -1.09. The van der Waals surface area contributed by atoms with Crippen LogP contribution in [0.25, 0.3) is 0 Å². The molecule has 0 aliphatic carbocycles. The van der Waals surface area contributed by atoms with Gasteiger partial charge in [-0.05, 0) is 44.0 Å². The van der Waals surface area contributed by atoms with Crippen LogP contribution in [0.3, 0.4) is 0 Å². The molecule has 8 nitrogen and oxygen atoms in total. The van der Waals surface area contributed by atoms with Crippen molar-refractivity contribution >= 4 is 25.8 Å². The number of methoxy groups -OCH3 is 1. The van der Waals surface area contributed by atoms with E-state index in [9.17, 15) is 34.8 Å². The predicted molar refractivity (Wildman–Crippen MR) is 103 cm³/mol. The zero-order valence-corrected chi connectivity index (χ0v) is 18.2. The van der Waals surface area contributed by atoms with Gasteiger partial charge in [-0.15, -0.1) is 5.92 Å². The van der Waals surface area contributed by atoms with E-state index >= 15 is 0 Å². The van der Waals surface area contributed by atoms with Gasteiger partial charge in [0.15, 0.2) is 9.84 Å². The topological polar surface area (TPSA) is 107 Å². The second kappa shape index (κ2) is 9.46. The van der Waals surface area contributed by atoms with Gasteiger partial charge in [0.1, 0.15) is 18.4 Å². The molecule has 1 aliphatic rings. The molecule has 1 aliphatic heterocycles. The van der Waals surface area contributed by atoms with Gasteiger partial charge in [0.25, 0.3) is 0 Å². The second-order valence-electron chi connectivity index (χ2n) is 6.48. The van der Waals surface area contributed by atoms with Crippen molar-refractivity contribution in [3.63, 3.8) is 0 Å². The monoisotopic (exact) mass is 483 g/mol. The van der Waals surface area contributed by atoms with E-state index in [1.807, 2.05) is 0 Å². The first kappa shape index (κ1) is 25.0. The molecule has 1 fully saturated rings. The van der Waals surface area contributed by atoms with Gasteiger partial charge in [-0.2, -0.15) is 17.5 Å². The molecule has 31 heavy (non-hydrogen) atoms. The summed E-state index contributed by atoms with van der Waals surface area (Å²) >= 11 is 0. The molecule has 0 saturated carbocycles. The summed E-state index contributed by atoms with van der Waals surface area (Å²) in [7, 11) is -9.05. The lowest BCUT2D eigenvalue weighted by Gasteiger charge is -2.36. The summed E-state index contributed by atoms with van der Waals surface area (Å²) in [5.74, 6) is 4.40. The van der Waals surface area contributed by atoms with Gasteiger partial charge in [0, 0.05) is 6.54 Å². The van der Waals surface area contributed by atoms with Crippen molar-refractivity contribution in [1.82, 2.24) is 4.31 Å². The number of hydrogen-bond donors (Lipinski definition) is 0. The van der Waals surface area contributed by atoms with E-state index in [1.54, 1.807) is 6.92 Å². The molecule has 0 N–H and O–H groups in total. The average molecular weight is 483 g/mol. The lowest BCUT2D eigenvalue weighted by atomic mass is 10.0. The number of ether oxygens (including phenoxy) is 2. The number of benzene rings is 1. The van der Waals surface area contributed by atoms with Gasteiger partial charge in [-0.25, -0.2) is 16.8 Å². The first-order valence-electron chi connectivity index (χ1n) is 8.88. The molecule has 172 valence electrons. The molecule has 1 aromatic carbocycles. The van der Waals surface area contributed by atoms with E-state index in [4.69, 9.17) is 4.74 Å². The molecular formula is C18H20F3NO7S2. The molecular weight excluding hydrogens is 463 g/mol. The minimum absolute atomic E-state index is 0.0451. The normalized spacial score (nSPS) is 20.4. The van der Waals surface area contributed by atoms with E-state index in [0.717, 1.165) is 7.11 Å². The quantitative estimate of drug-likeness (QED) is 0.448. The summed E-state index contributed by atoms with van der Waals surface area (Å²) in [6, 6.07) is 3.39. The molecule has 0 spiro atoms. The Morgan fingerprint density at radius 2 is 1.81 bits per heavy atom. The van der Waals surface area contributed by atoms with E-state index in [-0.39, 0.29) is 15.8 Å². The molecule has 2 atom stereocenters. The summed E-state index contributed by atoms with van der Waals surface area (Å²) in [4.78, 5) is 11.9. The van der Waals surface area contributed by atoms with Gasteiger partial charge in [-0.3, -0.25) is 4.79 Å². The van der Waals surface area contributed by atoms with Crippen LogP contribution < -0.4 is 4.74 Å². The fourth-order valence-corrected chi connectivity index (χ4v) is 5.94. The van der Waals surface area contributed by atoms with Crippen molar-refractivity contribution in [3.05, 3.63) is 24.3 Å². The predicted octanol–water partition coefficient (Wildman–Crippen LogP) is 1.72. The van der Waals surface area contributed by atoms with E-state index in [2.05, 4.69) is 16.6 Å². The molecule has 2 unspecified atom stereocenters. The Labute approximate surface area is 178 Å². The minimum Gasteiger partial charge on any atom is -0.481 e. The van der Waals surface area contributed by atoms with Gasteiger partial charge in [0.05, 0.1) is 17.3 Å². The Balaban J connectivity index is 2.29. The van der Waals surface area contributed by atoms with E-state index < -0.39 is 62.0 Å². The van der Waals surface area contributed by atoms with Gasteiger partial charge < -0.3 is 9.47 Å². The van der Waals surface area contributed by atoms with Crippen LogP contribution >= 0.6 is 0 Å². The minimum atomic E-state index is -5.84. The van der Waals surface area contributed by atoms with Crippen LogP contribution in [0.1, 0.15) is 19.8 Å². The summed E-state index contributed by atoms with van der Waals surface area (Å²) < 4.78 is 98.2. The highest BCUT2D eigenvalue weighted by atomic mass is 32.2. The number of esters is 1. The van der Waals surface area contributed by atoms with Gasteiger partial charge >= 0.3 is 21.5 Å². The first-order valence-corrected chi connectivity index (χ1v) is 11.9. The lowest BCUT2D eigenvalue weighted by Crippen LogP contribution is -2.55. The number of halogens is 3. The van der Waals surface area contributed by atoms with Crippen molar-refractivity contribution in [3.8, 4) is 17.6 Å². The zero-order chi connectivity index (χ0) is 23.4. The zero-order valence-electron chi connectivity index (χ0n) is 16.5. The van der Waals surface area contributed by atoms with Gasteiger partial charge in [-0.1, -0.05) is 5.92 Å². The highest BCUT2D eigenvalue weighted by molar-refractivity contribution is 7.92. The molecule has 1 heterocycles. The van der Waals surface area contributed by atoms with Crippen molar-refractivity contribution in [1.29, 1.82) is 0 Å². The average Bonchev–Trinajstić information content (AvgIpc) is 2.72. The van der Waals surface area contributed by atoms with Crippen LogP contribution in [-0.2, 0) is 29.4 Å². The lowest BCUT2D eigenvalue weighted by molar-refractivity contribution is -0.146. The van der Waals surface area contributed by atoms with Gasteiger partial charge in [0.2, 0.25) is 0 Å². The molecule has 2 rings (SSSR count). The molecule has 0 amide bonds. The summed E-state index contributed by atoms with van der Waals surface area (Å²) in [6.45, 7) is 0.934. The maximum atomic E-state index is 13.0. The third kappa shape index (κ3) is 5.31. The Morgan fingerprint density at radius 3 is 2.32 bits per heavy atom.